The molecule has 1 saturated heterocycles. The smallest absolute Gasteiger partial charge is 0.219 e. The predicted octanol–water partition coefficient (Wildman–Crippen LogP) is 0.627. The first kappa shape index (κ1) is 5.27. The van der Waals surface area contributed by atoms with Crippen LogP contribution in [-0.4, -0.2) is 23.4 Å². The van der Waals surface area contributed by atoms with Crippen molar-refractivity contribution >= 4 is 5.91 Å². The SMILES string of the molecule is CC(=O)N1CCC2CC21. The van der Waals surface area contributed by atoms with E-state index in [0.717, 1.165) is 12.5 Å². The molecule has 0 spiro atoms. The largest absolute Gasteiger partial charge is 0.340 e. The predicted molar refractivity (Wildman–Crippen MR) is 33.9 cm³/mol. The summed E-state index contributed by atoms with van der Waals surface area (Å²) in [4.78, 5) is 12.8. The molecule has 2 atom stereocenters. The molecule has 0 aromatic rings. The van der Waals surface area contributed by atoms with Crippen LogP contribution in [0.5, 0.6) is 0 Å². The van der Waals surface area contributed by atoms with Crippen molar-refractivity contribution in [2.24, 2.45) is 5.92 Å². The Kier molecular flexibility index (Phi) is 0.875. The van der Waals surface area contributed by atoms with Crippen LogP contribution >= 0.6 is 0 Å². The van der Waals surface area contributed by atoms with E-state index in [1.165, 1.54) is 12.8 Å². The second-order valence-electron chi connectivity index (χ2n) is 3.06. The highest BCUT2D eigenvalue weighted by atomic mass is 16.2. The zero-order valence-electron chi connectivity index (χ0n) is 5.63. The minimum atomic E-state index is 0.264. The number of nitrogens with zero attached hydrogens (tertiary/aromatic N) is 1. The molecule has 2 fully saturated rings. The lowest BCUT2D eigenvalue weighted by atomic mass is 10.3. The van der Waals surface area contributed by atoms with Crippen LogP contribution in [0.3, 0.4) is 0 Å². The minimum Gasteiger partial charge on any atom is -0.340 e. The number of fused-ring (bicyclic) bond motifs is 1. The molecule has 1 saturated carbocycles. The van der Waals surface area contributed by atoms with E-state index < -0.39 is 0 Å². The molecule has 2 aliphatic rings. The standard InChI is InChI=1S/C7H11NO/c1-5(9)8-3-2-6-4-7(6)8/h6-7H,2-4H2,1H3. The Balaban J connectivity index is 2.06. The number of carbonyl (C=O) groups is 1. The molecule has 9 heavy (non-hydrogen) atoms. The van der Waals surface area contributed by atoms with Gasteiger partial charge in [-0.25, -0.2) is 0 Å². The lowest BCUT2D eigenvalue weighted by molar-refractivity contribution is -0.128. The quantitative estimate of drug-likeness (QED) is 0.465. The molecule has 2 unspecified atom stereocenters. The zero-order chi connectivity index (χ0) is 6.43. The fourth-order valence-corrected chi connectivity index (χ4v) is 1.79. The molecule has 0 aromatic heterocycles. The summed E-state index contributed by atoms with van der Waals surface area (Å²) < 4.78 is 0. The average Bonchev–Trinajstić information content (AvgIpc) is 2.43. The van der Waals surface area contributed by atoms with E-state index in [4.69, 9.17) is 0 Å². The summed E-state index contributed by atoms with van der Waals surface area (Å²) in [5, 5.41) is 0. The number of likely N-dealkylation sites (tertiary alicyclic amines) is 1. The maximum atomic E-state index is 10.8. The van der Waals surface area contributed by atoms with Crippen LogP contribution in [0, 0.1) is 5.92 Å². The second-order valence-corrected chi connectivity index (χ2v) is 3.06. The van der Waals surface area contributed by atoms with Gasteiger partial charge in [-0.3, -0.25) is 4.79 Å². The normalized spacial score (nSPS) is 38.6. The number of hydrogen-bond donors (Lipinski definition) is 0. The molecular weight excluding hydrogens is 114 g/mol. The van der Waals surface area contributed by atoms with Crippen molar-refractivity contribution in [3.05, 3.63) is 0 Å². The van der Waals surface area contributed by atoms with Gasteiger partial charge >= 0.3 is 0 Å². The third-order valence-corrected chi connectivity index (χ3v) is 2.43. The highest BCUT2D eigenvalue weighted by molar-refractivity contribution is 5.74. The van der Waals surface area contributed by atoms with Crippen LogP contribution in [0.25, 0.3) is 0 Å². The first-order chi connectivity index (χ1) is 4.29. The van der Waals surface area contributed by atoms with Crippen molar-refractivity contribution in [3.63, 3.8) is 0 Å². The minimum absolute atomic E-state index is 0.264. The van der Waals surface area contributed by atoms with Gasteiger partial charge < -0.3 is 4.90 Å². The van der Waals surface area contributed by atoms with E-state index in [1.807, 2.05) is 4.90 Å². The van der Waals surface area contributed by atoms with E-state index in [1.54, 1.807) is 6.92 Å². The van der Waals surface area contributed by atoms with Gasteiger partial charge in [0.15, 0.2) is 0 Å². The molecule has 1 heterocycles. The van der Waals surface area contributed by atoms with Crippen LogP contribution in [0.2, 0.25) is 0 Å². The number of piperidine rings is 1. The summed E-state index contributed by atoms with van der Waals surface area (Å²) in [7, 11) is 0. The van der Waals surface area contributed by atoms with Gasteiger partial charge in [0.05, 0.1) is 0 Å². The van der Waals surface area contributed by atoms with Gasteiger partial charge in [0.1, 0.15) is 0 Å². The number of hydrogen-bond acceptors (Lipinski definition) is 1. The summed E-state index contributed by atoms with van der Waals surface area (Å²) in [6.45, 7) is 2.69. The number of rotatable bonds is 0. The Morgan fingerprint density at radius 3 is 2.67 bits per heavy atom. The van der Waals surface area contributed by atoms with Crippen molar-refractivity contribution in [1.82, 2.24) is 4.90 Å². The fourth-order valence-electron chi connectivity index (χ4n) is 1.79. The van der Waals surface area contributed by atoms with Crippen LogP contribution in [0.4, 0.5) is 0 Å². The van der Waals surface area contributed by atoms with E-state index in [9.17, 15) is 4.79 Å². The highest BCUT2D eigenvalue weighted by Gasteiger charge is 2.47. The van der Waals surface area contributed by atoms with Crippen molar-refractivity contribution in [1.29, 1.82) is 0 Å². The van der Waals surface area contributed by atoms with Crippen LogP contribution in [0.1, 0.15) is 19.8 Å². The van der Waals surface area contributed by atoms with E-state index >= 15 is 0 Å². The van der Waals surface area contributed by atoms with Crippen molar-refractivity contribution in [3.8, 4) is 0 Å². The molecule has 1 aliphatic carbocycles. The zero-order valence-corrected chi connectivity index (χ0v) is 5.63. The third kappa shape index (κ3) is 0.655. The van der Waals surface area contributed by atoms with Gasteiger partial charge in [-0.15, -0.1) is 0 Å². The molecule has 2 heteroatoms. The highest BCUT2D eigenvalue weighted by Crippen LogP contribution is 2.44. The Morgan fingerprint density at radius 2 is 2.44 bits per heavy atom. The first-order valence-electron chi connectivity index (χ1n) is 3.56. The van der Waals surface area contributed by atoms with Crippen molar-refractivity contribution < 1.29 is 4.79 Å². The molecule has 2 nitrogen and oxygen atoms in total. The van der Waals surface area contributed by atoms with Gasteiger partial charge in [0, 0.05) is 19.5 Å². The van der Waals surface area contributed by atoms with E-state index in [2.05, 4.69) is 0 Å². The Bertz CT molecular complexity index is 155. The maximum Gasteiger partial charge on any atom is 0.219 e. The summed E-state index contributed by atoms with van der Waals surface area (Å²) in [6.07, 6.45) is 2.53. The van der Waals surface area contributed by atoms with Gasteiger partial charge in [-0.2, -0.15) is 0 Å². The molecular formula is C7H11NO. The molecule has 50 valence electrons. The second kappa shape index (κ2) is 1.49. The molecule has 2 rings (SSSR count). The summed E-state index contributed by atoms with van der Waals surface area (Å²) in [5.41, 5.74) is 0. The molecule has 0 N–H and O–H groups in total. The molecule has 1 aliphatic heterocycles. The van der Waals surface area contributed by atoms with Gasteiger partial charge in [0.2, 0.25) is 5.91 Å². The van der Waals surface area contributed by atoms with Crippen LogP contribution < -0.4 is 0 Å². The molecule has 1 amide bonds. The van der Waals surface area contributed by atoms with E-state index in [-0.39, 0.29) is 5.91 Å². The fraction of sp³-hybridized carbons (Fsp3) is 0.857. The lowest BCUT2D eigenvalue weighted by Crippen LogP contribution is -2.27. The molecule has 0 radical (unpaired) electrons. The van der Waals surface area contributed by atoms with Gasteiger partial charge in [-0.05, 0) is 18.8 Å². The number of amides is 1. The van der Waals surface area contributed by atoms with E-state index in [0.29, 0.717) is 6.04 Å². The van der Waals surface area contributed by atoms with Gasteiger partial charge in [-0.1, -0.05) is 0 Å². The van der Waals surface area contributed by atoms with Crippen LogP contribution in [0.15, 0.2) is 0 Å². The Labute approximate surface area is 54.8 Å². The summed E-state index contributed by atoms with van der Waals surface area (Å²) >= 11 is 0. The topological polar surface area (TPSA) is 20.3 Å². The van der Waals surface area contributed by atoms with Gasteiger partial charge in [0.25, 0.3) is 0 Å². The average molecular weight is 125 g/mol. The lowest BCUT2D eigenvalue weighted by Gasteiger charge is -2.14. The third-order valence-electron chi connectivity index (χ3n) is 2.43. The van der Waals surface area contributed by atoms with Crippen molar-refractivity contribution in [2.75, 3.05) is 6.54 Å². The summed E-state index contributed by atoms with van der Waals surface area (Å²) in [5.74, 6) is 1.15. The van der Waals surface area contributed by atoms with Crippen molar-refractivity contribution in [2.45, 2.75) is 25.8 Å². The monoisotopic (exact) mass is 125 g/mol. The Hall–Kier alpha value is -0.530. The molecule has 0 aromatic carbocycles. The Morgan fingerprint density at radius 1 is 1.67 bits per heavy atom. The molecule has 0 bridgehead atoms. The maximum absolute atomic E-state index is 10.8. The number of carbonyl (C=O) groups excluding carboxylic acids is 1. The first-order valence-corrected chi connectivity index (χ1v) is 3.56. The summed E-state index contributed by atoms with van der Waals surface area (Å²) in [6, 6.07) is 0.655. The van der Waals surface area contributed by atoms with Crippen LogP contribution in [-0.2, 0) is 4.79 Å².